The summed E-state index contributed by atoms with van der Waals surface area (Å²) in [7, 11) is 0. The Hall–Kier alpha value is -5.46. The summed E-state index contributed by atoms with van der Waals surface area (Å²) in [5.41, 5.74) is 15.9. The number of benzene rings is 2. The molecule has 3 aromatic rings. The van der Waals surface area contributed by atoms with E-state index in [0.29, 0.717) is 57.1 Å². The molecule has 2 aromatic carbocycles. The molecule has 0 aliphatic carbocycles. The molecule has 0 unspecified atom stereocenters. The fourth-order valence-corrected chi connectivity index (χ4v) is 9.82. The summed E-state index contributed by atoms with van der Waals surface area (Å²) in [5.74, 6) is -2.78. The van der Waals surface area contributed by atoms with Crippen LogP contribution >= 0.6 is 11.3 Å². The molecule has 2 fully saturated rings. The number of thiazole rings is 1. The van der Waals surface area contributed by atoms with Gasteiger partial charge in [-0.15, -0.1) is 11.3 Å². The van der Waals surface area contributed by atoms with Crippen molar-refractivity contribution in [3.63, 3.8) is 0 Å². The van der Waals surface area contributed by atoms with Crippen molar-refractivity contribution >= 4 is 46.8 Å². The Kier molecular flexibility index (Phi) is 19.7. The van der Waals surface area contributed by atoms with Gasteiger partial charge in [0.15, 0.2) is 11.6 Å². The van der Waals surface area contributed by atoms with Gasteiger partial charge in [0.25, 0.3) is 0 Å². The minimum Gasteiger partial charge on any atom is -0.488 e. The number of nitrogens with one attached hydrogen (secondary N) is 3. The lowest BCUT2D eigenvalue weighted by molar-refractivity contribution is -0.144. The van der Waals surface area contributed by atoms with E-state index in [1.807, 2.05) is 72.7 Å². The number of carbonyl (C=O) groups excluding carboxylic acids is 6. The third-order valence-electron chi connectivity index (χ3n) is 12.9. The maximum Gasteiger partial charge on any atom is 0.246 e. The summed E-state index contributed by atoms with van der Waals surface area (Å²) in [6.07, 6.45) is 2.97. The average molecular weight is 977 g/mol. The zero-order chi connectivity index (χ0) is 50.6. The number of likely N-dealkylation sites (tertiary alicyclic amines) is 2. The fraction of sp³-hybridized carbons (Fsp3) is 0.588. The number of halogens is 1. The molecule has 5 rings (SSSR count). The van der Waals surface area contributed by atoms with Crippen LogP contribution in [-0.4, -0.2) is 111 Å². The van der Waals surface area contributed by atoms with Gasteiger partial charge in [-0.2, -0.15) is 0 Å². The summed E-state index contributed by atoms with van der Waals surface area (Å²) in [4.78, 5) is 87.8. The number of aromatic nitrogens is 1. The van der Waals surface area contributed by atoms with Crippen LogP contribution in [0.25, 0.3) is 10.4 Å². The Morgan fingerprint density at radius 1 is 0.928 bits per heavy atom. The first-order valence-electron chi connectivity index (χ1n) is 24.3. The van der Waals surface area contributed by atoms with Crippen molar-refractivity contribution in [1.29, 1.82) is 0 Å². The lowest BCUT2D eigenvalue weighted by Gasteiger charge is -2.35. The third kappa shape index (κ3) is 15.3. The van der Waals surface area contributed by atoms with Crippen LogP contribution in [0.5, 0.6) is 5.75 Å². The lowest BCUT2D eigenvalue weighted by Crippen LogP contribution is -2.57. The van der Waals surface area contributed by atoms with E-state index < -0.39 is 65.3 Å². The van der Waals surface area contributed by atoms with Gasteiger partial charge in [0.1, 0.15) is 24.7 Å². The number of hydrogen-bond acceptors (Lipinski definition) is 11. The van der Waals surface area contributed by atoms with Crippen molar-refractivity contribution in [2.24, 2.45) is 22.8 Å². The molecule has 0 bridgehead atoms. The van der Waals surface area contributed by atoms with Crippen LogP contribution in [0.1, 0.15) is 129 Å². The first-order chi connectivity index (χ1) is 32.6. The molecule has 2 aliphatic rings. The first-order valence-corrected chi connectivity index (χ1v) is 25.2. The molecule has 18 heteroatoms. The standard InChI is InChI=1S/C51H73FN8O8S/c1-30(2)25-38(53)49(66)59-24-12-15-39(59)47(64)57-36(22-23-42(54)62)28-68-41-16-11-14-34(44(41)52)13-9-8-10-17-43(63)58-46(51(5,6)7)50(67)60-27-37(61)26-40(60)48(65)56-31(3)33-18-20-35(21-19-33)45-32(4)55-29-69-45/h11,14,16,18-21,29-31,36-40,46,61H,8-10,12-13,15,17,22-28,53H2,1-7H3,(H2,54,62)(H,56,65)(H,57,64)(H,58,63)/t31-,36-,37+,38-,39-,40-,46+/m0/s1. The van der Waals surface area contributed by atoms with Gasteiger partial charge in [0.2, 0.25) is 35.4 Å². The number of rotatable bonds is 23. The molecule has 0 saturated carbocycles. The normalized spacial score (nSPS) is 18.9. The van der Waals surface area contributed by atoms with Crippen molar-refractivity contribution in [3.05, 3.63) is 70.6 Å². The Labute approximate surface area is 409 Å². The quantitative estimate of drug-likeness (QED) is 0.0677. The number of primary amides is 1. The molecule has 2 saturated heterocycles. The fourth-order valence-electron chi connectivity index (χ4n) is 9.01. The van der Waals surface area contributed by atoms with E-state index in [0.717, 1.165) is 21.7 Å². The number of carbonyl (C=O) groups is 6. The van der Waals surface area contributed by atoms with Crippen LogP contribution in [0.3, 0.4) is 0 Å². The molecule has 3 heterocycles. The number of nitrogens with two attached hydrogens (primary N) is 2. The molecule has 6 amide bonds. The Bertz CT molecular complexity index is 2250. The molecule has 2 aliphatic heterocycles. The van der Waals surface area contributed by atoms with Crippen LogP contribution in [0, 0.1) is 24.1 Å². The van der Waals surface area contributed by atoms with E-state index in [1.54, 1.807) is 29.0 Å². The molecule has 1 aromatic heterocycles. The second-order valence-corrected chi connectivity index (χ2v) is 21.0. The molecule has 16 nitrogen and oxygen atoms in total. The zero-order valence-corrected chi connectivity index (χ0v) is 42.0. The highest BCUT2D eigenvalue weighted by molar-refractivity contribution is 7.13. The van der Waals surface area contributed by atoms with Crippen LogP contribution in [0.15, 0.2) is 48.0 Å². The minimum atomic E-state index is -0.966. The summed E-state index contributed by atoms with van der Waals surface area (Å²) in [6, 6.07) is 8.30. The summed E-state index contributed by atoms with van der Waals surface area (Å²) in [6.45, 7) is 13.5. The average Bonchev–Trinajstić information content (AvgIpc) is 4.06. The van der Waals surface area contributed by atoms with Crippen molar-refractivity contribution in [2.75, 3.05) is 19.7 Å². The number of aliphatic hydroxyl groups excluding tert-OH is 1. The van der Waals surface area contributed by atoms with Crippen molar-refractivity contribution in [1.82, 2.24) is 30.7 Å². The predicted molar refractivity (Wildman–Crippen MR) is 263 cm³/mol. The molecular formula is C51H73FN8O8S. The second-order valence-electron chi connectivity index (χ2n) is 20.1. The van der Waals surface area contributed by atoms with Crippen LogP contribution in [0.4, 0.5) is 4.39 Å². The Morgan fingerprint density at radius 3 is 2.29 bits per heavy atom. The van der Waals surface area contributed by atoms with Crippen molar-refractivity contribution in [3.8, 4) is 16.2 Å². The molecule has 0 spiro atoms. The maximum absolute atomic E-state index is 15.8. The summed E-state index contributed by atoms with van der Waals surface area (Å²) >= 11 is 1.56. The number of aryl methyl sites for hydroxylation is 2. The number of β-amino-alcohol motifs (C(OH)–C–C–N with tert-alkyl or cyclic N) is 1. The van der Waals surface area contributed by atoms with Gasteiger partial charge < -0.3 is 47.1 Å². The molecule has 7 atom stereocenters. The maximum atomic E-state index is 15.8. The smallest absolute Gasteiger partial charge is 0.246 e. The topological polar surface area (TPSA) is 239 Å². The highest BCUT2D eigenvalue weighted by Gasteiger charge is 2.45. The summed E-state index contributed by atoms with van der Waals surface area (Å²) in [5, 5.41) is 19.5. The zero-order valence-electron chi connectivity index (χ0n) is 41.2. The van der Waals surface area contributed by atoms with Gasteiger partial charge in [-0.05, 0) is 92.9 Å². The van der Waals surface area contributed by atoms with E-state index in [9.17, 15) is 33.9 Å². The van der Waals surface area contributed by atoms with Gasteiger partial charge in [0.05, 0.1) is 40.3 Å². The SMILES string of the molecule is Cc1ncsc1-c1ccc([C@H](C)NC(=O)[C@@H]2C[C@@H](O)CN2C(=O)[C@@H](NC(=O)CCCCCc2cccc(OC[C@H](CCC(N)=O)NC(=O)[C@@H]3CCCN3C(=O)[C@@H](N)CC(C)C)c2F)C(C)(C)C)cc1. The van der Waals surface area contributed by atoms with Crippen LogP contribution in [-0.2, 0) is 35.2 Å². The largest absolute Gasteiger partial charge is 0.488 e. The van der Waals surface area contributed by atoms with E-state index in [4.69, 9.17) is 16.2 Å². The molecule has 378 valence electrons. The van der Waals surface area contributed by atoms with E-state index in [2.05, 4.69) is 20.9 Å². The Morgan fingerprint density at radius 2 is 1.64 bits per heavy atom. The highest BCUT2D eigenvalue weighted by atomic mass is 32.1. The number of unbranched alkanes of at least 4 members (excludes halogenated alkanes) is 2. The molecule has 69 heavy (non-hydrogen) atoms. The minimum absolute atomic E-state index is 0.0203. The van der Waals surface area contributed by atoms with Crippen molar-refractivity contribution in [2.45, 2.75) is 161 Å². The van der Waals surface area contributed by atoms with E-state index in [1.165, 1.54) is 15.9 Å². The number of amides is 6. The van der Waals surface area contributed by atoms with E-state index >= 15 is 4.39 Å². The molecular weight excluding hydrogens is 904 g/mol. The molecule has 8 N–H and O–H groups in total. The Balaban J connectivity index is 1.10. The van der Waals surface area contributed by atoms with Gasteiger partial charge in [-0.3, -0.25) is 28.8 Å². The number of aliphatic hydroxyl groups is 1. The van der Waals surface area contributed by atoms with Gasteiger partial charge >= 0.3 is 0 Å². The first kappa shape index (κ1) is 54.5. The summed E-state index contributed by atoms with van der Waals surface area (Å²) < 4.78 is 21.7. The number of hydrogen-bond donors (Lipinski definition) is 6. The van der Waals surface area contributed by atoms with Gasteiger partial charge in [-0.25, -0.2) is 9.37 Å². The van der Waals surface area contributed by atoms with Gasteiger partial charge in [-0.1, -0.05) is 77.4 Å². The third-order valence-corrected chi connectivity index (χ3v) is 13.8. The second kappa shape index (κ2) is 24.9. The monoisotopic (exact) mass is 977 g/mol. The van der Waals surface area contributed by atoms with Gasteiger partial charge in [0, 0.05) is 32.4 Å². The van der Waals surface area contributed by atoms with Crippen LogP contribution < -0.4 is 32.2 Å². The molecule has 0 radical (unpaired) electrons. The lowest BCUT2D eigenvalue weighted by atomic mass is 9.85. The van der Waals surface area contributed by atoms with E-state index in [-0.39, 0.29) is 74.3 Å². The van der Waals surface area contributed by atoms with Crippen molar-refractivity contribution < 1.29 is 43.0 Å². The predicted octanol–water partition coefficient (Wildman–Crippen LogP) is 5.22. The number of nitrogens with zero attached hydrogens (tertiary/aromatic N) is 3. The van der Waals surface area contributed by atoms with Crippen LogP contribution in [0.2, 0.25) is 0 Å². The highest BCUT2D eigenvalue weighted by Crippen LogP contribution is 2.30. The number of ether oxygens (including phenoxy) is 1.